The fourth-order valence-corrected chi connectivity index (χ4v) is 1.86. The van der Waals surface area contributed by atoms with Crippen molar-refractivity contribution < 1.29 is 26.3 Å². The zero-order chi connectivity index (χ0) is 15.0. The van der Waals surface area contributed by atoms with Gasteiger partial charge in [-0.2, -0.15) is 26.3 Å². The molecule has 6 heteroatoms. The van der Waals surface area contributed by atoms with Gasteiger partial charge in [0.15, 0.2) is 0 Å². The topological polar surface area (TPSA) is 0 Å². The van der Waals surface area contributed by atoms with E-state index in [2.05, 4.69) is 0 Å². The molecule has 1 radical (unpaired) electrons. The van der Waals surface area contributed by atoms with Gasteiger partial charge in [0, 0.05) is 0 Å². The molecule has 0 N–H and O–H groups in total. The molecule has 0 aliphatic carbocycles. The first-order valence-electron chi connectivity index (χ1n) is 5.46. The first-order valence-corrected chi connectivity index (χ1v) is 5.46. The summed E-state index contributed by atoms with van der Waals surface area (Å²) in [5.41, 5.74) is -3.36. The summed E-state index contributed by atoms with van der Waals surface area (Å²) in [6.07, 6.45) is -9.50. The summed E-state index contributed by atoms with van der Waals surface area (Å²) in [4.78, 5) is 0. The summed E-state index contributed by atoms with van der Waals surface area (Å²) in [6, 6.07) is 9.36. The molecule has 0 saturated carbocycles. The third kappa shape index (κ3) is 2.79. The second-order valence-electron chi connectivity index (χ2n) is 4.00. The Hall–Kier alpha value is -1.98. The third-order valence-corrected chi connectivity index (χ3v) is 2.66. The Morgan fingerprint density at radius 3 is 1.90 bits per heavy atom. The van der Waals surface area contributed by atoms with E-state index in [-0.39, 0.29) is 0 Å². The minimum Gasteiger partial charge on any atom is -0.166 e. The molecule has 0 atom stereocenters. The Kier molecular flexibility index (Phi) is 3.50. The smallest absolute Gasteiger partial charge is 0.166 e. The molecule has 0 heterocycles. The van der Waals surface area contributed by atoms with E-state index >= 15 is 0 Å². The molecule has 0 bridgehead atoms. The molecule has 0 amide bonds. The van der Waals surface area contributed by atoms with Crippen LogP contribution in [0.2, 0.25) is 0 Å². The van der Waals surface area contributed by atoms with Gasteiger partial charge in [0.05, 0.1) is 11.1 Å². The van der Waals surface area contributed by atoms with E-state index < -0.39 is 34.6 Å². The third-order valence-electron chi connectivity index (χ3n) is 2.66. The van der Waals surface area contributed by atoms with Gasteiger partial charge in [-0.1, -0.05) is 36.4 Å². The van der Waals surface area contributed by atoms with Gasteiger partial charge >= 0.3 is 12.4 Å². The van der Waals surface area contributed by atoms with Crippen molar-refractivity contribution in [3.05, 3.63) is 59.7 Å². The standard InChI is InChI=1S/C14H7F6/c15-13(16,17)11-7-3-1-5-9(11)10-6-2-4-8-12(10)14(18,19)20/h1-7H. The van der Waals surface area contributed by atoms with Crippen LogP contribution in [0.3, 0.4) is 0 Å². The van der Waals surface area contributed by atoms with Gasteiger partial charge in [0.25, 0.3) is 0 Å². The maximum Gasteiger partial charge on any atom is 0.417 e. The zero-order valence-electron chi connectivity index (χ0n) is 9.81. The van der Waals surface area contributed by atoms with Crippen LogP contribution in [0, 0.1) is 6.07 Å². The molecule has 0 aliphatic heterocycles. The monoisotopic (exact) mass is 289 g/mol. The molecule has 0 aromatic heterocycles. The largest absolute Gasteiger partial charge is 0.417 e. The van der Waals surface area contributed by atoms with Gasteiger partial charge in [0.1, 0.15) is 0 Å². The maximum absolute atomic E-state index is 12.9. The molecule has 0 saturated heterocycles. The Labute approximate surface area is 110 Å². The van der Waals surface area contributed by atoms with Crippen LogP contribution >= 0.6 is 0 Å². The second-order valence-corrected chi connectivity index (χ2v) is 4.00. The van der Waals surface area contributed by atoms with E-state index in [1.807, 2.05) is 6.07 Å². The first-order chi connectivity index (χ1) is 9.21. The Morgan fingerprint density at radius 2 is 1.30 bits per heavy atom. The van der Waals surface area contributed by atoms with Crippen LogP contribution in [0.25, 0.3) is 11.1 Å². The van der Waals surface area contributed by atoms with Crippen LogP contribution in [0.15, 0.2) is 42.5 Å². The first kappa shape index (κ1) is 14.4. The minimum atomic E-state index is -4.77. The van der Waals surface area contributed by atoms with Gasteiger partial charge in [-0.3, -0.25) is 0 Å². The van der Waals surface area contributed by atoms with Gasteiger partial charge in [-0.25, -0.2) is 0 Å². The molecule has 2 aromatic rings. The van der Waals surface area contributed by atoms with Crippen molar-refractivity contribution in [2.45, 2.75) is 12.4 Å². The molecular formula is C14H7F6. The average Bonchev–Trinajstić information content (AvgIpc) is 2.37. The normalized spacial score (nSPS) is 12.5. The highest BCUT2D eigenvalue weighted by molar-refractivity contribution is 5.71. The fraction of sp³-hybridized carbons (Fsp3) is 0.143. The minimum absolute atomic E-state index is 0.510. The summed E-state index contributed by atoms with van der Waals surface area (Å²) in [6.45, 7) is 0. The van der Waals surface area contributed by atoms with Crippen molar-refractivity contribution in [2.24, 2.45) is 0 Å². The summed E-state index contributed by atoms with van der Waals surface area (Å²) in [5.74, 6) is 0. The molecule has 105 valence electrons. The van der Waals surface area contributed by atoms with Crippen molar-refractivity contribution >= 4 is 0 Å². The number of halogens is 6. The van der Waals surface area contributed by atoms with Crippen molar-refractivity contribution in [3.8, 4) is 11.1 Å². The number of alkyl halides is 6. The van der Waals surface area contributed by atoms with E-state index in [0.29, 0.717) is 0 Å². The number of rotatable bonds is 1. The van der Waals surface area contributed by atoms with Crippen LogP contribution in [0.4, 0.5) is 26.3 Å². The van der Waals surface area contributed by atoms with E-state index in [1.54, 1.807) is 0 Å². The highest BCUT2D eigenvalue weighted by Crippen LogP contribution is 2.41. The van der Waals surface area contributed by atoms with Gasteiger partial charge in [0.2, 0.25) is 0 Å². The molecule has 0 fully saturated rings. The second kappa shape index (κ2) is 4.85. The molecule has 2 rings (SSSR count). The van der Waals surface area contributed by atoms with Crippen LogP contribution in [-0.2, 0) is 12.4 Å². The lowest BCUT2D eigenvalue weighted by Crippen LogP contribution is -2.11. The van der Waals surface area contributed by atoms with Crippen molar-refractivity contribution in [3.63, 3.8) is 0 Å². The zero-order valence-corrected chi connectivity index (χ0v) is 9.81. The van der Waals surface area contributed by atoms with Crippen LogP contribution < -0.4 is 0 Å². The van der Waals surface area contributed by atoms with Crippen molar-refractivity contribution in [1.29, 1.82) is 0 Å². The van der Waals surface area contributed by atoms with E-state index in [0.717, 1.165) is 30.3 Å². The van der Waals surface area contributed by atoms with Gasteiger partial charge < -0.3 is 0 Å². The van der Waals surface area contributed by atoms with Crippen molar-refractivity contribution in [1.82, 2.24) is 0 Å². The van der Waals surface area contributed by atoms with E-state index in [1.165, 1.54) is 12.1 Å². The SMILES string of the molecule is FC(F)(F)c1[c]cccc1-c1ccccc1C(F)(F)F. The lowest BCUT2D eigenvalue weighted by molar-refractivity contribution is -0.139. The number of hydrogen-bond acceptors (Lipinski definition) is 0. The Morgan fingerprint density at radius 1 is 0.700 bits per heavy atom. The van der Waals surface area contributed by atoms with Crippen molar-refractivity contribution in [2.75, 3.05) is 0 Å². The van der Waals surface area contributed by atoms with E-state index in [4.69, 9.17) is 0 Å². The van der Waals surface area contributed by atoms with Gasteiger partial charge in [-0.05, 0) is 23.3 Å². The summed E-state index contributed by atoms with van der Waals surface area (Å²) in [5, 5.41) is 0. The maximum atomic E-state index is 12.9. The quantitative estimate of drug-likeness (QED) is 0.634. The van der Waals surface area contributed by atoms with E-state index in [9.17, 15) is 26.3 Å². The molecule has 0 unspecified atom stereocenters. The number of hydrogen-bond donors (Lipinski definition) is 0. The Bertz CT molecular complexity index is 554. The number of benzene rings is 2. The molecular weight excluding hydrogens is 282 g/mol. The molecule has 0 spiro atoms. The molecule has 20 heavy (non-hydrogen) atoms. The summed E-state index contributed by atoms with van der Waals surface area (Å²) in [7, 11) is 0. The summed E-state index contributed by atoms with van der Waals surface area (Å²) < 4.78 is 77.2. The van der Waals surface area contributed by atoms with Crippen LogP contribution in [-0.4, -0.2) is 0 Å². The predicted octanol–water partition coefficient (Wildman–Crippen LogP) is 5.19. The summed E-state index contributed by atoms with van der Waals surface area (Å²) >= 11 is 0. The van der Waals surface area contributed by atoms with Crippen LogP contribution in [0.1, 0.15) is 11.1 Å². The molecule has 0 aliphatic rings. The predicted molar refractivity (Wildman–Crippen MR) is 60.7 cm³/mol. The molecule has 2 aromatic carbocycles. The lowest BCUT2D eigenvalue weighted by atomic mass is 9.95. The highest BCUT2D eigenvalue weighted by atomic mass is 19.4. The molecule has 0 nitrogen and oxygen atoms in total. The lowest BCUT2D eigenvalue weighted by Gasteiger charge is -2.16. The highest BCUT2D eigenvalue weighted by Gasteiger charge is 2.37. The fourth-order valence-electron chi connectivity index (χ4n) is 1.86. The van der Waals surface area contributed by atoms with Gasteiger partial charge in [-0.15, -0.1) is 0 Å². The Balaban J connectivity index is 2.71. The average molecular weight is 289 g/mol. The van der Waals surface area contributed by atoms with Crippen LogP contribution in [0.5, 0.6) is 0 Å².